The van der Waals surface area contributed by atoms with Crippen LogP contribution in [0.1, 0.15) is 31.4 Å². The predicted octanol–water partition coefficient (Wildman–Crippen LogP) is 3.88. The van der Waals surface area contributed by atoms with Crippen molar-refractivity contribution >= 4 is 38.8 Å². The molecule has 0 amide bonds. The van der Waals surface area contributed by atoms with Crippen molar-refractivity contribution in [1.82, 2.24) is 10.6 Å². The smallest absolute Gasteiger partial charge is 0.166 e. The first-order chi connectivity index (χ1) is 9.74. The van der Waals surface area contributed by atoms with Crippen LogP contribution >= 0.6 is 23.6 Å². The fraction of sp³-hybridized carbons (Fsp3) is 0.438. The minimum atomic E-state index is 0.764. The van der Waals surface area contributed by atoms with E-state index in [4.69, 9.17) is 12.2 Å². The number of hydrogen-bond acceptors (Lipinski definition) is 2. The minimum Gasteiger partial charge on any atom is -0.363 e. The Morgan fingerprint density at radius 3 is 2.75 bits per heavy atom. The van der Waals surface area contributed by atoms with E-state index in [1.54, 1.807) is 0 Å². The Kier molecular flexibility index (Phi) is 5.80. The molecule has 0 saturated heterocycles. The van der Waals surface area contributed by atoms with Gasteiger partial charge in [-0.15, -0.1) is 11.3 Å². The number of thiocarbonyl (C=S) groups is 1. The van der Waals surface area contributed by atoms with Crippen molar-refractivity contribution in [3.05, 3.63) is 34.7 Å². The van der Waals surface area contributed by atoms with Crippen molar-refractivity contribution in [1.29, 1.82) is 0 Å². The zero-order chi connectivity index (χ0) is 14.4. The number of rotatable bonds is 6. The van der Waals surface area contributed by atoms with Crippen molar-refractivity contribution < 1.29 is 0 Å². The number of benzene rings is 1. The van der Waals surface area contributed by atoms with Crippen LogP contribution in [0.15, 0.2) is 23.6 Å². The van der Waals surface area contributed by atoms with Crippen LogP contribution in [0.2, 0.25) is 0 Å². The first-order valence-corrected chi connectivity index (χ1v) is 8.54. The Labute approximate surface area is 130 Å². The molecule has 0 aliphatic rings. The topological polar surface area (TPSA) is 24.1 Å². The number of fused-ring (bicyclic) bond motifs is 1. The molecule has 2 N–H and O–H groups in total. The zero-order valence-electron chi connectivity index (χ0n) is 12.2. The summed E-state index contributed by atoms with van der Waals surface area (Å²) >= 11 is 7.06. The maximum atomic E-state index is 5.23. The van der Waals surface area contributed by atoms with Crippen LogP contribution in [0.3, 0.4) is 0 Å². The Bertz CT molecular complexity index is 575. The highest BCUT2D eigenvalue weighted by molar-refractivity contribution is 7.80. The summed E-state index contributed by atoms with van der Waals surface area (Å²) in [6.45, 7) is 6.16. The molecule has 1 aromatic heterocycles. The van der Waals surface area contributed by atoms with E-state index in [1.165, 1.54) is 21.2 Å². The van der Waals surface area contributed by atoms with Crippen molar-refractivity contribution in [2.45, 2.75) is 33.1 Å². The van der Waals surface area contributed by atoms with E-state index >= 15 is 0 Å². The number of nitrogens with one attached hydrogen (secondary N) is 2. The van der Waals surface area contributed by atoms with Crippen LogP contribution < -0.4 is 10.6 Å². The van der Waals surface area contributed by atoms with Crippen LogP contribution in [-0.2, 0) is 12.8 Å². The van der Waals surface area contributed by atoms with Crippen LogP contribution in [-0.4, -0.2) is 18.2 Å². The SMILES string of the molecule is CCCNC(=S)NCCc1csc2ccc(CC)cc12. The van der Waals surface area contributed by atoms with Gasteiger partial charge in [0.1, 0.15) is 0 Å². The largest absolute Gasteiger partial charge is 0.363 e. The molecule has 2 nitrogen and oxygen atoms in total. The Balaban J connectivity index is 1.94. The number of thiophene rings is 1. The molecule has 0 bridgehead atoms. The first-order valence-electron chi connectivity index (χ1n) is 7.25. The summed E-state index contributed by atoms with van der Waals surface area (Å²) in [6, 6.07) is 6.79. The fourth-order valence-corrected chi connectivity index (χ4v) is 3.34. The highest BCUT2D eigenvalue weighted by atomic mass is 32.1. The van der Waals surface area contributed by atoms with Gasteiger partial charge < -0.3 is 10.6 Å². The second-order valence-corrected chi connectivity index (χ2v) is 6.20. The van der Waals surface area contributed by atoms with E-state index in [0.29, 0.717) is 0 Å². The average molecular weight is 307 g/mol. The van der Waals surface area contributed by atoms with Gasteiger partial charge >= 0.3 is 0 Å². The maximum Gasteiger partial charge on any atom is 0.166 e. The Morgan fingerprint density at radius 2 is 2.00 bits per heavy atom. The molecule has 0 spiro atoms. The van der Waals surface area contributed by atoms with Gasteiger partial charge in [0, 0.05) is 17.8 Å². The molecule has 20 heavy (non-hydrogen) atoms. The molecule has 0 radical (unpaired) electrons. The van der Waals surface area contributed by atoms with Gasteiger partial charge in [0.2, 0.25) is 0 Å². The van der Waals surface area contributed by atoms with E-state index in [9.17, 15) is 0 Å². The lowest BCUT2D eigenvalue weighted by atomic mass is 10.1. The normalized spacial score (nSPS) is 10.7. The van der Waals surface area contributed by atoms with Gasteiger partial charge in [-0.25, -0.2) is 0 Å². The third-order valence-electron chi connectivity index (χ3n) is 3.34. The van der Waals surface area contributed by atoms with Crippen molar-refractivity contribution in [2.75, 3.05) is 13.1 Å². The third-order valence-corrected chi connectivity index (χ3v) is 4.64. The highest BCUT2D eigenvalue weighted by Crippen LogP contribution is 2.27. The van der Waals surface area contributed by atoms with Crippen LogP contribution in [0.5, 0.6) is 0 Å². The van der Waals surface area contributed by atoms with Gasteiger partial charge in [-0.1, -0.05) is 26.0 Å². The highest BCUT2D eigenvalue weighted by Gasteiger charge is 2.05. The molecule has 4 heteroatoms. The van der Waals surface area contributed by atoms with Crippen LogP contribution in [0.4, 0.5) is 0 Å². The van der Waals surface area contributed by atoms with Gasteiger partial charge in [-0.05, 0) is 59.4 Å². The summed E-state index contributed by atoms with van der Waals surface area (Å²) in [5, 5.41) is 10.9. The van der Waals surface area contributed by atoms with Crippen molar-refractivity contribution in [3.8, 4) is 0 Å². The summed E-state index contributed by atoms with van der Waals surface area (Å²) in [5.41, 5.74) is 2.83. The molecule has 108 valence electrons. The van der Waals surface area contributed by atoms with E-state index in [-0.39, 0.29) is 0 Å². The average Bonchev–Trinajstić information content (AvgIpc) is 2.87. The van der Waals surface area contributed by atoms with Gasteiger partial charge in [0.25, 0.3) is 0 Å². The number of aryl methyl sites for hydroxylation is 1. The van der Waals surface area contributed by atoms with E-state index in [0.717, 1.165) is 37.5 Å². The standard InChI is InChI=1S/C16H22N2S2/c1-3-8-17-16(19)18-9-7-13-11-20-15-6-5-12(4-2)10-14(13)15/h5-6,10-11H,3-4,7-9H2,1-2H3,(H2,17,18,19). The molecular weight excluding hydrogens is 284 g/mol. The maximum absolute atomic E-state index is 5.23. The first kappa shape index (κ1) is 15.3. The second kappa shape index (κ2) is 7.60. The van der Waals surface area contributed by atoms with Crippen molar-refractivity contribution in [3.63, 3.8) is 0 Å². The summed E-state index contributed by atoms with van der Waals surface area (Å²) in [7, 11) is 0. The molecule has 0 fully saturated rings. The summed E-state index contributed by atoms with van der Waals surface area (Å²) < 4.78 is 1.38. The van der Waals surface area contributed by atoms with Gasteiger partial charge in [-0.3, -0.25) is 0 Å². The van der Waals surface area contributed by atoms with E-state index in [1.807, 2.05) is 11.3 Å². The summed E-state index contributed by atoms with van der Waals surface area (Å²) in [6.07, 6.45) is 3.20. The Hall–Kier alpha value is -1.13. The lowest BCUT2D eigenvalue weighted by Crippen LogP contribution is -2.36. The van der Waals surface area contributed by atoms with Gasteiger partial charge in [0.05, 0.1) is 0 Å². The van der Waals surface area contributed by atoms with Gasteiger partial charge in [0.15, 0.2) is 5.11 Å². The molecule has 0 saturated carbocycles. The molecule has 1 heterocycles. The second-order valence-electron chi connectivity index (χ2n) is 4.88. The minimum absolute atomic E-state index is 0.764. The molecule has 0 atom stereocenters. The number of hydrogen-bond donors (Lipinski definition) is 2. The lowest BCUT2D eigenvalue weighted by Gasteiger charge is -2.09. The predicted molar refractivity (Wildman–Crippen MR) is 93.8 cm³/mol. The molecule has 0 unspecified atom stereocenters. The van der Waals surface area contributed by atoms with Crippen LogP contribution in [0.25, 0.3) is 10.1 Å². The third kappa shape index (κ3) is 3.93. The van der Waals surface area contributed by atoms with Crippen molar-refractivity contribution in [2.24, 2.45) is 0 Å². The quantitative estimate of drug-likeness (QED) is 0.792. The molecule has 0 aliphatic heterocycles. The fourth-order valence-electron chi connectivity index (χ4n) is 2.15. The summed E-state index contributed by atoms with van der Waals surface area (Å²) in [4.78, 5) is 0. The molecule has 2 rings (SSSR count). The summed E-state index contributed by atoms with van der Waals surface area (Å²) in [5.74, 6) is 0. The van der Waals surface area contributed by atoms with E-state index < -0.39 is 0 Å². The van der Waals surface area contributed by atoms with Gasteiger partial charge in [-0.2, -0.15) is 0 Å². The lowest BCUT2D eigenvalue weighted by molar-refractivity contribution is 0.792. The Morgan fingerprint density at radius 1 is 1.20 bits per heavy atom. The molecule has 1 aromatic carbocycles. The molecular formula is C16H22N2S2. The van der Waals surface area contributed by atoms with E-state index in [2.05, 4.69) is 48.1 Å². The molecule has 0 aliphatic carbocycles. The zero-order valence-corrected chi connectivity index (χ0v) is 13.8. The molecule has 2 aromatic rings. The monoisotopic (exact) mass is 306 g/mol. The van der Waals surface area contributed by atoms with Crippen LogP contribution in [0, 0.1) is 0 Å².